The quantitative estimate of drug-likeness (QED) is 0.175. The standard InChI is InChI=1S/C48H34N2/c1-5-17-35(18-6-1)47-43-31-29-40(50(39-24-11-4-12-25-39)46-27-15-21-34-16-13-14-26-41(34)46)33-45(43)48(36-19-7-2-8-20-36)42-30-28-38(32-44(42)47)49-37-22-9-3-10-23-37/h1-33,49H. The topological polar surface area (TPSA) is 15.3 Å². The zero-order valence-electron chi connectivity index (χ0n) is 27.5. The molecule has 2 heteroatoms. The smallest absolute Gasteiger partial charge is 0.0540 e. The minimum atomic E-state index is 1.06. The number of nitrogens with zero attached hydrogens (tertiary/aromatic N) is 1. The molecule has 0 aliphatic heterocycles. The van der Waals surface area contributed by atoms with Gasteiger partial charge in [-0.1, -0.05) is 146 Å². The average Bonchev–Trinajstić information content (AvgIpc) is 3.18. The highest BCUT2D eigenvalue weighted by Gasteiger charge is 2.21. The molecule has 0 atom stereocenters. The lowest BCUT2D eigenvalue weighted by Crippen LogP contribution is -2.10. The largest absolute Gasteiger partial charge is 0.356 e. The Balaban J connectivity index is 1.36. The minimum absolute atomic E-state index is 1.06. The number of hydrogen-bond acceptors (Lipinski definition) is 2. The lowest BCUT2D eigenvalue weighted by Gasteiger charge is -2.28. The van der Waals surface area contributed by atoms with Crippen LogP contribution in [-0.2, 0) is 0 Å². The Kier molecular flexibility index (Phi) is 7.53. The van der Waals surface area contributed by atoms with Crippen LogP contribution in [0.5, 0.6) is 0 Å². The number of para-hydroxylation sites is 2. The molecule has 0 bridgehead atoms. The van der Waals surface area contributed by atoms with Gasteiger partial charge in [0.15, 0.2) is 0 Å². The van der Waals surface area contributed by atoms with Crippen LogP contribution in [0.25, 0.3) is 54.6 Å². The van der Waals surface area contributed by atoms with E-state index in [4.69, 9.17) is 0 Å². The maximum Gasteiger partial charge on any atom is 0.0540 e. The van der Waals surface area contributed by atoms with E-state index in [1.165, 1.54) is 54.6 Å². The average molecular weight is 639 g/mol. The summed E-state index contributed by atoms with van der Waals surface area (Å²) in [5.74, 6) is 0. The molecule has 0 aromatic heterocycles. The molecule has 1 N–H and O–H groups in total. The van der Waals surface area contributed by atoms with Gasteiger partial charge < -0.3 is 10.2 Å². The van der Waals surface area contributed by atoms with Crippen molar-refractivity contribution in [1.29, 1.82) is 0 Å². The Morgan fingerprint density at radius 1 is 0.320 bits per heavy atom. The van der Waals surface area contributed by atoms with Gasteiger partial charge in [0.05, 0.1) is 5.69 Å². The zero-order chi connectivity index (χ0) is 33.3. The maximum absolute atomic E-state index is 3.65. The maximum atomic E-state index is 3.65. The fourth-order valence-electron chi connectivity index (χ4n) is 7.36. The third kappa shape index (κ3) is 5.34. The number of hydrogen-bond donors (Lipinski definition) is 1. The van der Waals surface area contributed by atoms with Gasteiger partial charge in [0.2, 0.25) is 0 Å². The highest BCUT2D eigenvalue weighted by molar-refractivity contribution is 6.22. The van der Waals surface area contributed by atoms with E-state index in [1.807, 2.05) is 6.07 Å². The first-order valence-electron chi connectivity index (χ1n) is 17.1. The van der Waals surface area contributed by atoms with Gasteiger partial charge in [-0.15, -0.1) is 0 Å². The SMILES string of the molecule is c1ccc(Nc2ccc3c(-c4ccccc4)c4cc(N(c5ccccc5)c5cccc6ccccc56)ccc4c(-c4ccccc4)c3c2)cc1. The summed E-state index contributed by atoms with van der Waals surface area (Å²) in [6, 6.07) is 71.8. The van der Waals surface area contributed by atoms with E-state index < -0.39 is 0 Å². The molecular weight excluding hydrogens is 605 g/mol. The van der Waals surface area contributed by atoms with Gasteiger partial charge in [-0.2, -0.15) is 0 Å². The summed E-state index contributed by atoms with van der Waals surface area (Å²) >= 11 is 0. The molecule has 0 amide bonds. The number of nitrogens with one attached hydrogen (secondary N) is 1. The van der Waals surface area contributed by atoms with Crippen molar-refractivity contribution in [3.05, 3.63) is 200 Å². The van der Waals surface area contributed by atoms with Crippen molar-refractivity contribution >= 4 is 60.8 Å². The summed E-state index contributed by atoms with van der Waals surface area (Å²) in [4.78, 5) is 2.40. The molecule has 0 fully saturated rings. The van der Waals surface area contributed by atoms with E-state index in [-0.39, 0.29) is 0 Å². The van der Waals surface area contributed by atoms with Gasteiger partial charge in [-0.05, 0) is 104 Å². The van der Waals surface area contributed by atoms with Crippen molar-refractivity contribution in [3.63, 3.8) is 0 Å². The van der Waals surface area contributed by atoms with Crippen molar-refractivity contribution in [2.24, 2.45) is 0 Å². The first-order chi connectivity index (χ1) is 24.8. The normalized spacial score (nSPS) is 11.2. The third-order valence-electron chi connectivity index (χ3n) is 9.57. The second-order valence-electron chi connectivity index (χ2n) is 12.6. The molecule has 0 radical (unpaired) electrons. The van der Waals surface area contributed by atoms with E-state index in [9.17, 15) is 0 Å². The van der Waals surface area contributed by atoms with Gasteiger partial charge >= 0.3 is 0 Å². The summed E-state index contributed by atoms with van der Waals surface area (Å²) in [6.07, 6.45) is 0. The number of rotatable bonds is 7. The summed E-state index contributed by atoms with van der Waals surface area (Å²) in [5.41, 5.74) is 10.3. The molecule has 2 nitrogen and oxygen atoms in total. The summed E-state index contributed by atoms with van der Waals surface area (Å²) < 4.78 is 0. The molecule has 9 aromatic carbocycles. The van der Waals surface area contributed by atoms with Crippen molar-refractivity contribution in [3.8, 4) is 22.3 Å². The Labute approximate surface area is 292 Å². The van der Waals surface area contributed by atoms with Gasteiger partial charge in [0.1, 0.15) is 0 Å². The first kappa shape index (κ1) is 29.5. The molecule has 236 valence electrons. The predicted molar refractivity (Wildman–Crippen MR) is 214 cm³/mol. The van der Waals surface area contributed by atoms with Gasteiger partial charge in [-0.25, -0.2) is 0 Å². The van der Waals surface area contributed by atoms with Crippen LogP contribution in [0.1, 0.15) is 0 Å². The van der Waals surface area contributed by atoms with E-state index in [0.29, 0.717) is 0 Å². The number of anilines is 5. The van der Waals surface area contributed by atoms with E-state index in [1.54, 1.807) is 0 Å². The molecule has 0 heterocycles. The van der Waals surface area contributed by atoms with Crippen molar-refractivity contribution in [2.75, 3.05) is 10.2 Å². The Hall–Kier alpha value is -6.64. The number of benzene rings is 9. The van der Waals surface area contributed by atoms with Crippen molar-refractivity contribution in [1.82, 2.24) is 0 Å². The zero-order valence-corrected chi connectivity index (χ0v) is 27.5. The Bertz CT molecular complexity index is 2590. The molecule has 9 rings (SSSR count). The molecule has 9 aromatic rings. The van der Waals surface area contributed by atoms with Gasteiger partial charge in [0, 0.05) is 28.1 Å². The monoisotopic (exact) mass is 638 g/mol. The van der Waals surface area contributed by atoms with Crippen LogP contribution >= 0.6 is 0 Å². The van der Waals surface area contributed by atoms with Crippen LogP contribution in [0.3, 0.4) is 0 Å². The van der Waals surface area contributed by atoms with Crippen LogP contribution in [0.2, 0.25) is 0 Å². The van der Waals surface area contributed by atoms with Crippen molar-refractivity contribution in [2.45, 2.75) is 0 Å². The predicted octanol–water partition coefficient (Wildman–Crippen LogP) is 13.7. The fourth-order valence-corrected chi connectivity index (χ4v) is 7.36. The summed E-state index contributed by atoms with van der Waals surface area (Å²) in [7, 11) is 0. The molecule has 0 unspecified atom stereocenters. The highest BCUT2D eigenvalue weighted by atomic mass is 15.1. The van der Waals surface area contributed by atoms with E-state index in [0.717, 1.165) is 28.4 Å². The van der Waals surface area contributed by atoms with E-state index in [2.05, 4.69) is 204 Å². The van der Waals surface area contributed by atoms with Crippen LogP contribution in [-0.4, -0.2) is 0 Å². The lowest BCUT2D eigenvalue weighted by molar-refractivity contribution is 1.30. The fraction of sp³-hybridized carbons (Fsp3) is 0. The Morgan fingerprint density at radius 3 is 1.54 bits per heavy atom. The van der Waals surface area contributed by atoms with Crippen LogP contribution in [0.15, 0.2) is 200 Å². The van der Waals surface area contributed by atoms with Crippen LogP contribution in [0, 0.1) is 0 Å². The highest BCUT2D eigenvalue weighted by Crippen LogP contribution is 2.47. The van der Waals surface area contributed by atoms with Crippen LogP contribution in [0.4, 0.5) is 28.4 Å². The minimum Gasteiger partial charge on any atom is -0.356 e. The second-order valence-corrected chi connectivity index (χ2v) is 12.6. The molecule has 0 spiro atoms. The first-order valence-corrected chi connectivity index (χ1v) is 17.1. The Morgan fingerprint density at radius 2 is 0.860 bits per heavy atom. The molecule has 0 aliphatic rings. The molecular formula is C48H34N2. The van der Waals surface area contributed by atoms with Crippen molar-refractivity contribution < 1.29 is 0 Å². The summed E-state index contributed by atoms with van der Waals surface area (Å²) in [6.45, 7) is 0. The molecule has 0 saturated carbocycles. The molecule has 0 aliphatic carbocycles. The van der Waals surface area contributed by atoms with Gasteiger partial charge in [0.25, 0.3) is 0 Å². The summed E-state index contributed by atoms with van der Waals surface area (Å²) in [5, 5.41) is 10.9. The van der Waals surface area contributed by atoms with Crippen LogP contribution < -0.4 is 10.2 Å². The second kappa shape index (κ2) is 12.8. The third-order valence-corrected chi connectivity index (χ3v) is 9.57. The lowest BCUT2D eigenvalue weighted by atomic mass is 9.85. The molecule has 0 saturated heterocycles. The van der Waals surface area contributed by atoms with E-state index >= 15 is 0 Å². The van der Waals surface area contributed by atoms with Gasteiger partial charge in [-0.3, -0.25) is 0 Å². The molecule has 50 heavy (non-hydrogen) atoms. The number of fused-ring (bicyclic) bond motifs is 3.